The van der Waals surface area contributed by atoms with Gasteiger partial charge in [0.1, 0.15) is 5.58 Å². The number of benzene rings is 1. The number of carboxylic acid groups (broad SMARTS) is 1. The highest BCUT2D eigenvalue weighted by molar-refractivity contribution is 5.80. The summed E-state index contributed by atoms with van der Waals surface area (Å²) in [6, 6.07) is 8.05. The minimum Gasteiger partial charge on any atom is -0.481 e. The van der Waals surface area contributed by atoms with E-state index >= 15 is 0 Å². The SMILES string of the molecule is O=C(O)C1CCC(CNCc2coc3ccccc23)CC1. The van der Waals surface area contributed by atoms with Crippen LogP contribution >= 0.6 is 0 Å². The summed E-state index contributed by atoms with van der Waals surface area (Å²) >= 11 is 0. The van der Waals surface area contributed by atoms with Gasteiger partial charge in [-0.2, -0.15) is 0 Å². The van der Waals surface area contributed by atoms with Gasteiger partial charge >= 0.3 is 5.97 Å². The predicted molar refractivity (Wildman–Crippen MR) is 81.0 cm³/mol. The third kappa shape index (κ3) is 3.27. The Hall–Kier alpha value is -1.81. The lowest BCUT2D eigenvalue weighted by atomic mass is 9.82. The fourth-order valence-corrected chi connectivity index (χ4v) is 3.19. The van der Waals surface area contributed by atoms with Crippen LogP contribution in [0.1, 0.15) is 31.2 Å². The third-order valence-corrected chi connectivity index (χ3v) is 4.51. The second-order valence-corrected chi connectivity index (χ2v) is 5.94. The van der Waals surface area contributed by atoms with Crippen molar-refractivity contribution in [3.8, 4) is 0 Å². The minimum atomic E-state index is -0.633. The lowest BCUT2D eigenvalue weighted by Crippen LogP contribution is -2.28. The average Bonchev–Trinajstić information content (AvgIpc) is 2.91. The van der Waals surface area contributed by atoms with E-state index in [1.165, 1.54) is 10.9 Å². The van der Waals surface area contributed by atoms with Gasteiger partial charge in [0, 0.05) is 17.5 Å². The molecule has 112 valence electrons. The van der Waals surface area contributed by atoms with Gasteiger partial charge in [0.25, 0.3) is 0 Å². The van der Waals surface area contributed by atoms with Crippen molar-refractivity contribution >= 4 is 16.9 Å². The monoisotopic (exact) mass is 287 g/mol. The molecule has 21 heavy (non-hydrogen) atoms. The van der Waals surface area contributed by atoms with Crippen molar-refractivity contribution < 1.29 is 14.3 Å². The fraction of sp³-hybridized carbons (Fsp3) is 0.471. The quantitative estimate of drug-likeness (QED) is 0.884. The molecule has 1 aromatic carbocycles. The Morgan fingerprint density at radius 2 is 2.00 bits per heavy atom. The van der Waals surface area contributed by atoms with Crippen LogP contribution in [0.25, 0.3) is 11.0 Å². The van der Waals surface area contributed by atoms with Crippen molar-refractivity contribution in [3.63, 3.8) is 0 Å². The molecule has 0 bridgehead atoms. The molecular formula is C17H21NO3. The third-order valence-electron chi connectivity index (χ3n) is 4.51. The van der Waals surface area contributed by atoms with Crippen LogP contribution in [0.2, 0.25) is 0 Å². The number of rotatable bonds is 5. The van der Waals surface area contributed by atoms with Crippen molar-refractivity contribution in [3.05, 3.63) is 36.1 Å². The smallest absolute Gasteiger partial charge is 0.306 e. The Kier molecular flexibility index (Phi) is 4.25. The van der Waals surface area contributed by atoms with Crippen molar-refractivity contribution in [2.24, 2.45) is 11.8 Å². The van der Waals surface area contributed by atoms with E-state index in [4.69, 9.17) is 9.52 Å². The summed E-state index contributed by atoms with van der Waals surface area (Å²) in [7, 11) is 0. The average molecular weight is 287 g/mol. The van der Waals surface area contributed by atoms with Crippen molar-refractivity contribution in [2.45, 2.75) is 32.2 Å². The minimum absolute atomic E-state index is 0.126. The van der Waals surface area contributed by atoms with Gasteiger partial charge in [-0.25, -0.2) is 0 Å². The number of para-hydroxylation sites is 1. The van der Waals surface area contributed by atoms with E-state index in [1.54, 1.807) is 0 Å². The van der Waals surface area contributed by atoms with Gasteiger partial charge in [0.05, 0.1) is 12.2 Å². The van der Waals surface area contributed by atoms with Gasteiger partial charge in [-0.05, 0) is 44.2 Å². The van der Waals surface area contributed by atoms with Crippen molar-refractivity contribution in [1.82, 2.24) is 5.32 Å². The molecule has 1 aliphatic carbocycles. The van der Waals surface area contributed by atoms with Crippen LogP contribution in [-0.4, -0.2) is 17.6 Å². The van der Waals surface area contributed by atoms with Gasteiger partial charge in [0.15, 0.2) is 0 Å². The van der Waals surface area contributed by atoms with Gasteiger partial charge in [-0.15, -0.1) is 0 Å². The molecular weight excluding hydrogens is 266 g/mol. The summed E-state index contributed by atoms with van der Waals surface area (Å²) in [4.78, 5) is 10.9. The van der Waals surface area contributed by atoms with E-state index in [9.17, 15) is 4.79 Å². The highest BCUT2D eigenvalue weighted by atomic mass is 16.4. The normalized spacial score (nSPS) is 22.5. The molecule has 1 fully saturated rings. The van der Waals surface area contributed by atoms with E-state index < -0.39 is 5.97 Å². The van der Waals surface area contributed by atoms with Crippen LogP contribution in [0.15, 0.2) is 34.9 Å². The molecule has 0 unspecified atom stereocenters. The number of carbonyl (C=O) groups is 1. The molecule has 1 aromatic heterocycles. The summed E-state index contributed by atoms with van der Waals surface area (Å²) in [5.41, 5.74) is 2.11. The van der Waals surface area contributed by atoms with Crippen molar-refractivity contribution in [1.29, 1.82) is 0 Å². The maximum atomic E-state index is 10.9. The largest absolute Gasteiger partial charge is 0.481 e. The molecule has 0 radical (unpaired) electrons. The van der Waals surface area contributed by atoms with Gasteiger partial charge in [-0.1, -0.05) is 18.2 Å². The first-order valence-corrected chi connectivity index (χ1v) is 7.62. The first-order valence-electron chi connectivity index (χ1n) is 7.62. The van der Waals surface area contributed by atoms with E-state index in [0.717, 1.165) is 44.4 Å². The molecule has 0 atom stereocenters. The Morgan fingerprint density at radius 3 is 2.76 bits per heavy atom. The molecule has 3 rings (SSSR count). The molecule has 0 spiro atoms. The van der Waals surface area contributed by atoms with E-state index in [0.29, 0.717) is 5.92 Å². The number of nitrogens with one attached hydrogen (secondary N) is 1. The molecule has 2 aromatic rings. The molecule has 1 saturated carbocycles. The number of carboxylic acids is 1. The Morgan fingerprint density at radius 1 is 1.24 bits per heavy atom. The Bertz CT molecular complexity index is 611. The molecule has 2 N–H and O–H groups in total. The molecule has 4 heteroatoms. The van der Waals surface area contributed by atoms with Crippen LogP contribution in [0.5, 0.6) is 0 Å². The van der Waals surface area contributed by atoms with Crippen LogP contribution in [-0.2, 0) is 11.3 Å². The first kappa shape index (κ1) is 14.1. The highest BCUT2D eigenvalue weighted by Crippen LogP contribution is 2.28. The number of hydrogen-bond donors (Lipinski definition) is 2. The lowest BCUT2D eigenvalue weighted by molar-refractivity contribution is -0.143. The lowest BCUT2D eigenvalue weighted by Gasteiger charge is -2.26. The fourth-order valence-electron chi connectivity index (χ4n) is 3.19. The molecule has 4 nitrogen and oxygen atoms in total. The number of furan rings is 1. The second-order valence-electron chi connectivity index (χ2n) is 5.94. The van der Waals surface area contributed by atoms with Gasteiger partial charge in [-0.3, -0.25) is 4.79 Å². The molecule has 0 saturated heterocycles. The number of fused-ring (bicyclic) bond motifs is 1. The molecule has 0 amide bonds. The molecule has 0 aliphatic heterocycles. The van der Waals surface area contributed by atoms with Crippen LogP contribution < -0.4 is 5.32 Å². The van der Waals surface area contributed by atoms with E-state index in [1.807, 2.05) is 24.5 Å². The zero-order valence-electron chi connectivity index (χ0n) is 12.0. The zero-order valence-corrected chi connectivity index (χ0v) is 12.0. The maximum Gasteiger partial charge on any atom is 0.306 e. The van der Waals surface area contributed by atoms with E-state index in [-0.39, 0.29) is 5.92 Å². The van der Waals surface area contributed by atoms with Crippen molar-refractivity contribution in [2.75, 3.05) is 6.54 Å². The van der Waals surface area contributed by atoms with E-state index in [2.05, 4.69) is 11.4 Å². The summed E-state index contributed by atoms with van der Waals surface area (Å²) < 4.78 is 5.53. The van der Waals surface area contributed by atoms with Crippen LogP contribution in [0.3, 0.4) is 0 Å². The van der Waals surface area contributed by atoms with Crippen LogP contribution in [0, 0.1) is 11.8 Å². The maximum absolute atomic E-state index is 10.9. The van der Waals surface area contributed by atoms with Gasteiger partial charge < -0.3 is 14.8 Å². The van der Waals surface area contributed by atoms with Gasteiger partial charge in [0.2, 0.25) is 0 Å². The molecule has 1 aliphatic rings. The highest BCUT2D eigenvalue weighted by Gasteiger charge is 2.25. The Labute approximate surface area is 124 Å². The van der Waals surface area contributed by atoms with Crippen LogP contribution in [0.4, 0.5) is 0 Å². The first-order chi connectivity index (χ1) is 10.2. The molecule has 1 heterocycles. The predicted octanol–water partition coefficient (Wildman–Crippen LogP) is 3.41. The summed E-state index contributed by atoms with van der Waals surface area (Å²) in [5.74, 6) is -0.163. The summed E-state index contributed by atoms with van der Waals surface area (Å²) in [6.45, 7) is 1.75. The standard InChI is InChI=1S/C17H21NO3/c19-17(20)13-7-5-12(6-8-13)9-18-10-14-11-21-16-4-2-1-3-15(14)16/h1-4,11-13,18H,5-10H2,(H,19,20). The summed E-state index contributed by atoms with van der Waals surface area (Å²) in [6.07, 6.45) is 5.47. The summed E-state index contributed by atoms with van der Waals surface area (Å²) in [5, 5.41) is 13.7. The second kappa shape index (κ2) is 6.31. The number of hydrogen-bond acceptors (Lipinski definition) is 3. The number of aliphatic carboxylic acids is 1. The Balaban J connectivity index is 1.48. The zero-order chi connectivity index (χ0) is 14.7. The topological polar surface area (TPSA) is 62.5 Å².